The first-order valence-corrected chi connectivity index (χ1v) is 6.92. The van der Waals surface area contributed by atoms with E-state index in [0.717, 1.165) is 18.9 Å². The summed E-state index contributed by atoms with van der Waals surface area (Å²) in [6, 6.07) is 5.52. The number of nitrogens with one attached hydrogen (secondary N) is 1. The summed E-state index contributed by atoms with van der Waals surface area (Å²) in [4.78, 5) is 18.5. The Hall–Kier alpha value is -1.62. The first-order chi connectivity index (χ1) is 9.31. The maximum Gasteiger partial charge on any atom is 0.270 e. The molecule has 0 aliphatic carbocycles. The van der Waals surface area contributed by atoms with Gasteiger partial charge in [-0.3, -0.25) is 4.79 Å². The number of hydrogen-bond acceptors (Lipinski definition) is 4. The van der Waals surface area contributed by atoms with Crippen molar-refractivity contribution in [1.82, 2.24) is 10.3 Å². The summed E-state index contributed by atoms with van der Waals surface area (Å²) in [7, 11) is 0. The fourth-order valence-corrected chi connectivity index (χ4v) is 2.29. The number of anilines is 1. The SMILES string of the molecule is O=C(NCCO)c1cccc(N2CCCCCC2)n1. The lowest BCUT2D eigenvalue weighted by Gasteiger charge is -2.21. The van der Waals surface area contributed by atoms with Gasteiger partial charge in [0.2, 0.25) is 0 Å². The summed E-state index contributed by atoms with van der Waals surface area (Å²) in [6.45, 7) is 2.22. The predicted molar refractivity (Wildman–Crippen MR) is 74.3 cm³/mol. The Morgan fingerprint density at radius 3 is 2.68 bits per heavy atom. The van der Waals surface area contributed by atoms with Crippen LogP contribution in [0.4, 0.5) is 5.82 Å². The number of pyridine rings is 1. The van der Waals surface area contributed by atoms with Crippen LogP contribution in [0, 0.1) is 0 Å². The molecule has 2 N–H and O–H groups in total. The molecule has 0 aromatic carbocycles. The largest absolute Gasteiger partial charge is 0.395 e. The Morgan fingerprint density at radius 1 is 1.26 bits per heavy atom. The van der Waals surface area contributed by atoms with Crippen LogP contribution in [0.15, 0.2) is 18.2 Å². The molecule has 1 aromatic heterocycles. The second-order valence-corrected chi connectivity index (χ2v) is 4.76. The zero-order valence-electron chi connectivity index (χ0n) is 11.1. The maximum absolute atomic E-state index is 11.8. The molecule has 19 heavy (non-hydrogen) atoms. The van der Waals surface area contributed by atoms with Crippen LogP contribution >= 0.6 is 0 Å². The van der Waals surface area contributed by atoms with Gasteiger partial charge in [0, 0.05) is 19.6 Å². The van der Waals surface area contributed by atoms with Crippen LogP contribution in [0.2, 0.25) is 0 Å². The van der Waals surface area contributed by atoms with Gasteiger partial charge in [-0.1, -0.05) is 18.9 Å². The number of aromatic nitrogens is 1. The average Bonchev–Trinajstić information content (AvgIpc) is 2.74. The van der Waals surface area contributed by atoms with Crippen LogP contribution < -0.4 is 10.2 Å². The van der Waals surface area contributed by atoms with E-state index in [4.69, 9.17) is 5.11 Å². The van der Waals surface area contributed by atoms with Crippen LogP contribution in [0.1, 0.15) is 36.2 Å². The topological polar surface area (TPSA) is 65.5 Å². The number of amides is 1. The molecule has 1 saturated heterocycles. The van der Waals surface area contributed by atoms with Crippen LogP contribution in [0.3, 0.4) is 0 Å². The van der Waals surface area contributed by atoms with Gasteiger partial charge >= 0.3 is 0 Å². The summed E-state index contributed by atoms with van der Waals surface area (Å²) in [5, 5.41) is 11.3. The van der Waals surface area contributed by atoms with Gasteiger partial charge in [-0.05, 0) is 25.0 Å². The number of hydrogen-bond donors (Lipinski definition) is 2. The van der Waals surface area contributed by atoms with Gasteiger partial charge < -0.3 is 15.3 Å². The molecule has 5 nitrogen and oxygen atoms in total. The normalized spacial score (nSPS) is 15.9. The highest BCUT2D eigenvalue weighted by atomic mass is 16.3. The number of aliphatic hydroxyl groups is 1. The zero-order chi connectivity index (χ0) is 13.5. The van der Waals surface area contributed by atoms with Crippen molar-refractivity contribution in [1.29, 1.82) is 0 Å². The van der Waals surface area contributed by atoms with Gasteiger partial charge in [0.1, 0.15) is 11.5 Å². The lowest BCUT2D eigenvalue weighted by atomic mass is 10.2. The molecule has 1 aliphatic heterocycles. The number of carbonyl (C=O) groups excluding carboxylic acids is 1. The van der Waals surface area contributed by atoms with Gasteiger partial charge in [-0.2, -0.15) is 0 Å². The summed E-state index contributed by atoms with van der Waals surface area (Å²) >= 11 is 0. The van der Waals surface area contributed by atoms with Gasteiger partial charge in [0.05, 0.1) is 6.61 Å². The number of aliphatic hydroxyl groups excluding tert-OH is 1. The van der Waals surface area contributed by atoms with Crippen molar-refractivity contribution >= 4 is 11.7 Å². The lowest BCUT2D eigenvalue weighted by molar-refractivity contribution is 0.0940. The van der Waals surface area contributed by atoms with E-state index in [-0.39, 0.29) is 19.1 Å². The molecule has 0 bridgehead atoms. The number of nitrogens with zero attached hydrogens (tertiary/aromatic N) is 2. The van der Waals surface area contributed by atoms with Crippen molar-refractivity contribution in [3.05, 3.63) is 23.9 Å². The van der Waals surface area contributed by atoms with Crippen LogP contribution in [0.5, 0.6) is 0 Å². The van der Waals surface area contributed by atoms with Gasteiger partial charge in [-0.25, -0.2) is 4.98 Å². The fourth-order valence-electron chi connectivity index (χ4n) is 2.29. The lowest BCUT2D eigenvalue weighted by Crippen LogP contribution is -2.29. The van der Waals surface area contributed by atoms with Crippen molar-refractivity contribution in [3.63, 3.8) is 0 Å². The van der Waals surface area contributed by atoms with Crippen LogP contribution in [0.25, 0.3) is 0 Å². The van der Waals surface area contributed by atoms with Gasteiger partial charge in [-0.15, -0.1) is 0 Å². The Balaban J connectivity index is 2.07. The van der Waals surface area contributed by atoms with Crippen molar-refractivity contribution in [2.24, 2.45) is 0 Å². The molecule has 2 heterocycles. The molecule has 1 fully saturated rings. The second-order valence-electron chi connectivity index (χ2n) is 4.76. The van der Waals surface area contributed by atoms with E-state index < -0.39 is 0 Å². The Kier molecular flexibility index (Phi) is 5.15. The van der Waals surface area contributed by atoms with E-state index in [1.807, 2.05) is 12.1 Å². The Labute approximate surface area is 113 Å². The molecule has 0 atom stereocenters. The van der Waals surface area contributed by atoms with Crippen molar-refractivity contribution in [2.75, 3.05) is 31.1 Å². The van der Waals surface area contributed by atoms with E-state index in [9.17, 15) is 4.79 Å². The minimum absolute atomic E-state index is 0.0580. The van der Waals surface area contributed by atoms with Crippen LogP contribution in [-0.4, -0.2) is 42.2 Å². The number of rotatable bonds is 4. The zero-order valence-corrected chi connectivity index (χ0v) is 11.1. The molecule has 0 unspecified atom stereocenters. The monoisotopic (exact) mass is 263 g/mol. The van der Waals surface area contributed by atoms with E-state index in [1.165, 1.54) is 25.7 Å². The minimum atomic E-state index is -0.231. The fraction of sp³-hybridized carbons (Fsp3) is 0.571. The van der Waals surface area contributed by atoms with Crippen LogP contribution in [-0.2, 0) is 0 Å². The average molecular weight is 263 g/mol. The van der Waals surface area contributed by atoms with Crippen molar-refractivity contribution in [2.45, 2.75) is 25.7 Å². The molecule has 1 aromatic rings. The van der Waals surface area contributed by atoms with Crippen molar-refractivity contribution < 1.29 is 9.90 Å². The highest BCUT2D eigenvalue weighted by molar-refractivity contribution is 5.92. The third-order valence-electron chi connectivity index (χ3n) is 3.29. The molecular weight excluding hydrogens is 242 g/mol. The third kappa shape index (κ3) is 3.92. The summed E-state index contributed by atoms with van der Waals surface area (Å²) in [5.74, 6) is 0.643. The summed E-state index contributed by atoms with van der Waals surface area (Å²) < 4.78 is 0. The molecule has 0 spiro atoms. The second kappa shape index (κ2) is 7.09. The molecule has 5 heteroatoms. The molecule has 0 radical (unpaired) electrons. The van der Waals surface area contributed by atoms with E-state index in [0.29, 0.717) is 5.69 Å². The van der Waals surface area contributed by atoms with E-state index >= 15 is 0 Å². The molecule has 1 aliphatic rings. The molecule has 1 amide bonds. The van der Waals surface area contributed by atoms with Crippen molar-refractivity contribution in [3.8, 4) is 0 Å². The highest BCUT2D eigenvalue weighted by Gasteiger charge is 2.13. The number of carbonyl (C=O) groups is 1. The quantitative estimate of drug-likeness (QED) is 0.856. The Bertz CT molecular complexity index is 415. The predicted octanol–water partition coefficient (Wildman–Crippen LogP) is 1.18. The smallest absolute Gasteiger partial charge is 0.270 e. The first-order valence-electron chi connectivity index (χ1n) is 6.92. The van der Waals surface area contributed by atoms with Gasteiger partial charge in [0.25, 0.3) is 5.91 Å². The molecule has 0 saturated carbocycles. The van der Waals surface area contributed by atoms with Gasteiger partial charge in [0.15, 0.2) is 0 Å². The van der Waals surface area contributed by atoms with E-state index in [1.54, 1.807) is 6.07 Å². The molecule has 2 rings (SSSR count). The molecular formula is C14H21N3O2. The highest BCUT2D eigenvalue weighted by Crippen LogP contribution is 2.17. The third-order valence-corrected chi connectivity index (χ3v) is 3.29. The van der Waals surface area contributed by atoms with E-state index in [2.05, 4.69) is 15.2 Å². The minimum Gasteiger partial charge on any atom is -0.395 e. The maximum atomic E-state index is 11.8. The Morgan fingerprint density at radius 2 is 2.00 bits per heavy atom. The summed E-state index contributed by atoms with van der Waals surface area (Å²) in [5.41, 5.74) is 0.412. The first kappa shape index (κ1) is 13.8. The molecule has 104 valence electrons. The summed E-state index contributed by atoms with van der Waals surface area (Å²) in [6.07, 6.45) is 4.91. The standard InChI is InChI=1S/C14H21N3O2/c18-11-8-15-14(19)12-6-5-7-13(16-12)17-9-3-1-2-4-10-17/h5-7,18H,1-4,8-11H2,(H,15,19).